The van der Waals surface area contributed by atoms with E-state index < -0.39 is 11.7 Å². The first-order valence-corrected chi connectivity index (χ1v) is 7.11. The van der Waals surface area contributed by atoms with Gasteiger partial charge in [-0.05, 0) is 48.3 Å². The molecule has 1 N–H and O–H groups in total. The average molecular weight is 367 g/mol. The Labute approximate surface area is 117 Å². The number of hydrogen-bond acceptors (Lipinski definition) is 1. The Morgan fingerprint density at radius 2 is 2.12 bits per heavy atom. The fraction of sp³-hybridized carbons (Fsp3) is 0.417. The molecule has 0 fully saturated rings. The number of alkyl halides is 1. The minimum Gasteiger partial charge on any atom is -0.347 e. The summed E-state index contributed by atoms with van der Waals surface area (Å²) in [5.74, 6) is -0.922. The van der Waals surface area contributed by atoms with Crippen LogP contribution in [0.1, 0.15) is 30.6 Å². The second kappa shape index (κ2) is 5.96. The zero-order valence-electron chi connectivity index (χ0n) is 9.69. The number of hydrogen-bond donors (Lipinski definition) is 1. The van der Waals surface area contributed by atoms with Crippen LogP contribution in [0.2, 0.25) is 0 Å². The largest absolute Gasteiger partial charge is 0.347 e. The number of nitrogens with one attached hydrogen (secondary N) is 1. The summed E-state index contributed by atoms with van der Waals surface area (Å²) in [5, 5.41) is 3.59. The van der Waals surface area contributed by atoms with Crippen LogP contribution < -0.4 is 5.32 Å². The Kier molecular flexibility index (Phi) is 5.13. The summed E-state index contributed by atoms with van der Waals surface area (Å²) in [6.45, 7) is 3.81. The first kappa shape index (κ1) is 14.6. The molecule has 1 amide bonds. The van der Waals surface area contributed by atoms with E-state index in [1.807, 2.05) is 13.8 Å². The number of benzene rings is 1. The Morgan fingerprint density at radius 3 is 2.71 bits per heavy atom. The van der Waals surface area contributed by atoms with E-state index in [0.717, 1.165) is 11.8 Å². The van der Waals surface area contributed by atoms with E-state index >= 15 is 0 Å². The maximum absolute atomic E-state index is 13.7. The second-order valence-corrected chi connectivity index (χ2v) is 6.03. The third-order valence-electron chi connectivity index (χ3n) is 2.37. The molecule has 0 aliphatic rings. The summed E-state index contributed by atoms with van der Waals surface area (Å²) < 4.78 is 14.0. The number of carbonyl (C=O) groups is 1. The quantitative estimate of drug-likeness (QED) is 0.805. The van der Waals surface area contributed by atoms with Crippen LogP contribution in [0, 0.1) is 5.82 Å². The molecule has 1 aromatic rings. The second-order valence-electron chi connectivity index (χ2n) is 4.38. The molecule has 0 heterocycles. The zero-order chi connectivity index (χ0) is 13.1. The number of carbonyl (C=O) groups excluding carboxylic acids is 1. The molecule has 0 atom stereocenters. The van der Waals surface area contributed by atoms with Gasteiger partial charge >= 0.3 is 0 Å². The van der Waals surface area contributed by atoms with Crippen molar-refractivity contribution in [1.29, 1.82) is 0 Å². The standard InChI is InChI=1S/C12H14Br2FNO/c1-12(2,6-7-13)16-11(17)8-4-3-5-9(14)10(8)15/h3-5H,6-7H2,1-2H3,(H,16,17). The van der Waals surface area contributed by atoms with Crippen molar-refractivity contribution in [3.8, 4) is 0 Å². The first-order valence-electron chi connectivity index (χ1n) is 5.20. The molecule has 0 radical (unpaired) electrons. The smallest absolute Gasteiger partial charge is 0.254 e. The predicted molar refractivity (Wildman–Crippen MR) is 74.1 cm³/mol. The summed E-state index contributed by atoms with van der Waals surface area (Å²) >= 11 is 6.39. The molecule has 17 heavy (non-hydrogen) atoms. The van der Waals surface area contributed by atoms with Crippen molar-refractivity contribution in [2.75, 3.05) is 5.33 Å². The fourth-order valence-electron chi connectivity index (χ4n) is 1.35. The Morgan fingerprint density at radius 1 is 1.47 bits per heavy atom. The van der Waals surface area contributed by atoms with Gasteiger partial charge in [0.2, 0.25) is 0 Å². The van der Waals surface area contributed by atoms with Crippen LogP contribution in [0.3, 0.4) is 0 Å². The minimum atomic E-state index is -0.528. The summed E-state index contributed by atoms with van der Waals surface area (Å²) in [5.41, 5.74) is -0.308. The van der Waals surface area contributed by atoms with Crippen LogP contribution in [0.25, 0.3) is 0 Å². The number of halogens is 3. The minimum absolute atomic E-state index is 0.0574. The highest BCUT2D eigenvalue weighted by molar-refractivity contribution is 9.10. The van der Waals surface area contributed by atoms with E-state index in [9.17, 15) is 9.18 Å². The van der Waals surface area contributed by atoms with Gasteiger partial charge in [0.05, 0.1) is 10.0 Å². The number of amides is 1. The molecule has 0 bridgehead atoms. The molecule has 1 aromatic carbocycles. The van der Waals surface area contributed by atoms with Crippen molar-refractivity contribution < 1.29 is 9.18 Å². The third-order valence-corrected chi connectivity index (χ3v) is 3.38. The highest BCUT2D eigenvalue weighted by Crippen LogP contribution is 2.19. The molecule has 0 saturated carbocycles. The van der Waals surface area contributed by atoms with Crippen molar-refractivity contribution in [2.45, 2.75) is 25.8 Å². The van der Waals surface area contributed by atoms with Gasteiger partial charge in [-0.2, -0.15) is 0 Å². The highest BCUT2D eigenvalue weighted by Gasteiger charge is 2.22. The van der Waals surface area contributed by atoms with E-state index in [1.165, 1.54) is 6.07 Å². The van der Waals surface area contributed by atoms with Crippen molar-refractivity contribution in [1.82, 2.24) is 5.32 Å². The first-order chi connectivity index (χ1) is 7.87. The van der Waals surface area contributed by atoms with Crippen LogP contribution in [-0.2, 0) is 0 Å². The van der Waals surface area contributed by atoms with Crippen molar-refractivity contribution >= 4 is 37.8 Å². The molecule has 1 rings (SSSR count). The molecule has 94 valence electrons. The SMILES string of the molecule is CC(C)(CCBr)NC(=O)c1cccc(Br)c1F. The summed E-state index contributed by atoms with van der Waals surface area (Å²) in [6, 6.07) is 4.68. The zero-order valence-corrected chi connectivity index (χ0v) is 12.9. The van der Waals surface area contributed by atoms with Gasteiger partial charge in [-0.1, -0.05) is 22.0 Å². The molecule has 0 aromatic heterocycles. The van der Waals surface area contributed by atoms with Crippen molar-refractivity contribution in [3.63, 3.8) is 0 Å². The van der Waals surface area contributed by atoms with E-state index in [-0.39, 0.29) is 11.1 Å². The fourth-order valence-corrected chi connectivity index (χ4v) is 2.71. The van der Waals surface area contributed by atoms with Crippen LogP contribution in [0.5, 0.6) is 0 Å². The highest BCUT2D eigenvalue weighted by atomic mass is 79.9. The molecule has 0 spiro atoms. The average Bonchev–Trinajstić information content (AvgIpc) is 2.21. The normalized spacial score (nSPS) is 11.4. The van der Waals surface area contributed by atoms with Gasteiger partial charge in [0.25, 0.3) is 5.91 Å². The molecule has 2 nitrogen and oxygen atoms in total. The van der Waals surface area contributed by atoms with E-state index in [2.05, 4.69) is 37.2 Å². The molecular weight excluding hydrogens is 353 g/mol. The molecule has 0 unspecified atom stereocenters. The predicted octanol–water partition coefficient (Wildman–Crippen LogP) is 3.88. The monoisotopic (exact) mass is 365 g/mol. The van der Waals surface area contributed by atoms with E-state index in [1.54, 1.807) is 12.1 Å². The molecule has 5 heteroatoms. The van der Waals surface area contributed by atoms with Crippen LogP contribution in [0.4, 0.5) is 4.39 Å². The Balaban J connectivity index is 2.87. The van der Waals surface area contributed by atoms with Crippen LogP contribution in [-0.4, -0.2) is 16.8 Å². The van der Waals surface area contributed by atoms with Gasteiger partial charge in [0.15, 0.2) is 0 Å². The van der Waals surface area contributed by atoms with Gasteiger partial charge < -0.3 is 5.32 Å². The number of rotatable bonds is 4. The Hall–Kier alpha value is -0.420. The van der Waals surface area contributed by atoms with Crippen molar-refractivity contribution in [2.24, 2.45) is 0 Å². The van der Waals surface area contributed by atoms with Gasteiger partial charge in [-0.15, -0.1) is 0 Å². The van der Waals surface area contributed by atoms with E-state index in [4.69, 9.17) is 0 Å². The molecule has 0 saturated heterocycles. The maximum Gasteiger partial charge on any atom is 0.254 e. The van der Waals surface area contributed by atoms with Crippen LogP contribution >= 0.6 is 31.9 Å². The summed E-state index contributed by atoms with van der Waals surface area (Å²) in [6.07, 6.45) is 0.772. The molecule has 0 aliphatic heterocycles. The lowest BCUT2D eigenvalue weighted by Crippen LogP contribution is -2.44. The van der Waals surface area contributed by atoms with Gasteiger partial charge in [-0.25, -0.2) is 4.39 Å². The summed E-state index contributed by atoms with van der Waals surface area (Å²) in [7, 11) is 0. The van der Waals surface area contributed by atoms with Crippen molar-refractivity contribution in [3.05, 3.63) is 34.1 Å². The van der Waals surface area contributed by atoms with Gasteiger partial charge in [0, 0.05) is 10.9 Å². The third kappa shape index (κ3) is 4.07. The lowest BCUT2D eigenvalue weighted by Gasteiger charge is -2.25. The maximum atomic E-state index is 13.7. The molecular formula is C12H14Br2FNO. The van der Waals surface area contributed by atoms with Gasteiger partial charge in [0.1, 0.15) is 5.82 Å². The topological polar surface area (TPSA) is 29.1 Å². The lowest BCUT2D eigenvalue weighted by atomic mass is 10.0. The molecule has 0 aliphatic carbocycles. The van der Waals surface area contributed by atoms with Gasteiger partial charge in [-0.3, -0.25) is 4.79 Å². The summed E-state index contributed by atoms with van der Waals surface area (Å²) in [4.78, 5) is 11.9. The lowest BCUT2D eigenvalue weighted by molar-refractivity contribution is 0.0907. The van der Waals surface area contributed by atoms with Crippen LogP contribution in [0.15, 0.2) is 22.7 Å². The Bertz CT molecular complexity index is 421. The van der Waals surface area contributed by atoms with E-state index in [0.29, 0.717) is 4.47 Å².